The van der Waals surface area contributed by atoms with Crippen LogP contribution in [0.25, 0.3) is 0 Å². The molecule has 0 radical (unpaired) electrons. The van der Waals surface area contributed by atoms with E-state index < -0.39 is 0 Å². The molecular formula is C9H12N2O2. The third-order valence-corrected chi connectivity index (χ3v) is 2.27. The average Bonchev–Trinajstić information content (AvgIpc) is 2.74. The summed E-state index contributed by atoms with van der Waals surface area (Å²) in [5, 5.41) is 0. The third-order valence-electron chi connectivity index (χ3n) is 2.27. The zero-order chi connectivity index (χ0) is 9.10. The monoisotopic (exact) mass is 180 g/mol. The van der Waals surface area contributed by atoms with E-state index in [4.69, 9.17) is 4.42 Å². The van der Waals surface area contributed by atoms with Crippen LogP contribution in [-0.4, -0.2) is 28.9 Å². The first-order chi connectivity index (χ1) is 6.36. The van der Waals surface area contributed by atoms with Crippen LogP contribution in [0, 0.1) is 0 Å². The van der Waals surface area contributed by atoms with Gasteiger partial charge in [-0.3, -0.25) is 4.79 Å². The van der Waals surface area contributed by atoms with E-state index in [1.165, 1.54) is 12.7 Å². The number of carbonyl (C=O) groups is 1. The SMILES string of the molecule is O=C(Cc1cocn1)N1CCCC1. The standard InChI is InChI=1S/C9H12N2O2/c12-9(11-3-1-2-4-11)5-8-6-13-7-10-8/h6-7H,1-5H2. The van der Waals surface area contributed by atoms with Gasteiger partial charge in [0.1, 0.15) is 6.26 Å². The Hall–Kier alpha value is -1.32. The maximum Gasteiger partial charge on any atom is 0.228 e. The molecule has 2 heterocycles. The molecule has 70 valence electrons. The Balaban J connectivity index is 1.91. The van der Waals surface area contributed by atoms with Gasteiger partial charge < -0.3 is 9.32 Å². The minimum Gasteiger partial charge on any atom is -0.451 e. The number of carbonyl (C=O) groups excluding carboxylic acids is 1. The molecular weight excluding hydrogens is 168 g/mol. The van der Waals surface area contributed by atoms with E-state index in [2.05, 4.69) is 4.98 Å². The van der Waals surface area contributed by atoms with Crippen molar-refractivity contribution in [3.8, 4) is 0 Å². The van der Waals surface area contributed by atoms with Gasteiger partial charge in [0.15, 0.2) is 6.39 Å². The number of hydrogen-bond acceptors (Lipinski definition) is 3. The summed E-state index contributed by atoms with van der Waals surface area (Å²) in [6.45, 7) is 1.80. The van der Waals surface area contributed by atoms with E-state index in [-0.39, 0.29) is 5.91 Å². The molecule has 0 aromatic carbocycles. The topological polar surface area (TPSA) is 46.3 Å². The van der Waals surface area contributed by atoms with Gasteiger partial charge in [-0.2, -0.15) is 0 Å². The summed E-state index contributed by atoms with van der Waals surface area (Å²) in [4.78, 5) is 17.4. The molecule has 13 heavy (non-hydrogen) atoms. The molecule has 0 unspecified atom stereocenters. The molecule has 1 amide bonds. The summed E-state index contributed by atoms with van der Waals surface area (Å²) in [6, 6.07) is 0. The van der Waals surface area contributed by atoms with Gasteiger partial charge in [-0.15, -0.1) is 0 Å². The van der Waals surface area contributed by atoms with Crippen molar-refractivity contribution in [2.24, 2.45) is 0 Å². The van der Waals surface area contributed by atoms with E-state index >= 15 is 0 Å². The van der Waals surface area contributed by atoms with Crippen LogP contribution in [0.15, 0.2) is 17.1 Å². The van der Waals surface area contributed by atoms with Crippen LogP contribution in [0.5, 0.6) is 0 Å². The summed E-state index contributed by atoms with van der Waals surface area (Å²) >= 11 is 0. The fourth-order valence-electron chi connectivity index (χ4n) is 1.56. The van der Waals surface area contributed by atoms with E-state index in [9.17, 15) is 4.79 Å². The second-order valence-corrected chi connectivity index (χ2v) is 3.24. The lowest BCUT2D eigenvalue weighted by molar-refractivity contribution is -0.129. The Morgan fingerprint density at radius 3 is 2.92 bits per heavy atom. The third kappa shape index (κ3) is 1.88. The first-order valence-electron chi connectivity index (χ1n) is 4.51. The number of rotatable bonds is 2. The van der Waals surface area contributed by atoms with Crippen LogP contribution in [0.1, 0.15) is 18.5 Å². The molecule has 0 N–H and O–H groups in total. The van der Waals surface area contributed by atoms with Gasteiger partial charge in [-0.25, -0.2) is 4.98 Å². The second-order valence-electron chi connectivity index (χ2n) is 3.24. The average molecular weight is 180 g/mol. The summed E-state index contributed by atoms with van der Waals surface area (Å²) in [5.41, 5.74) is 0.719. The fourth-order valence-corrected chi connectivity index (χ4v) is 1.56. The van der Waals surface area contributed by atoms with E-state index in [0.29, 0.717) is 6.42 Å². The summed E-state index contributed by atoms with van der Waals surface area (Å²) in [6.07, 6.45) is 5.51. The van der Waals surface area contributed by atoms with Crippen LogP contribution in [-0.2, 0) is 11.2 Å². The van der Waals surface area contributed by atoms with E-state index in [1.54, 1.807) is 0 Å². The molecule has 1 aromatic heterocycles. The smallest absolute Gasteiger partial charge is 0.228 e. The summed E-state index contributed by atoms with van der Waals surface area (Å²) in [5.74, 6) is 0.159. The molecule has 0 bridgehead atoms. The molecule has 1 saturated heterocycles. The van der Waals surface area contributed by atoms with Crippen LogP contribution < -0.4 is 0 Å². The molecule has 0 spiro atoms. The Kier molecular flexibility index (Phi) is 2.29. The van der Waals surface area contributed by atoms with Crippen molar-refractivity contribution >= 4 is 5.91 Å². The maximum atomic E-state index is 11.6. The van der Waals surface area contributed by atoms with Crippen LogP contribution >= 0.6 is 0 Å². The van der Waals surface area contributed by atoms with Crippen molar-refractivity contribution in [3.63, 3.8) is 0 Å². The molecule has 2 rings (SSSR count). The number of oxazole rings is 1. The molecule has 1 fully saturated rings. The predicted molar refractivity (Wildman–Crippen MR) is 46.0 cm³/mol. The molecule has 4 nitrogen and oxygen atoms in total. The highest BCUT2D eigenvalue weighted by atomic mass is 16.3. The molecule has 0 saturated carbocycles. The number of amides is 1. The molecule has 1 aliphatic heterocycles. The Morgan fingerprint density at radius 1 is 1.54 bits per heavy atom. The minimum atomic E-state index is 0.159. The minimum absolute atomic E-state index is 0.159. The first-order valence-corrected chi connectivity index (χ1v) is 4.51. The fraction of sp³-hybridized carbons (Fsp3) is 0.556. The van der Waals surface area contributed by atoms with Crippen molar-refractivity contribution in [1.82, 2.24) is 9.88 Å². The van der Waals surface area contributed by atoms with Gasteiger partial charge in [0.2, 0.25) is 5.91 Å². The highest BCUT2D eigenvalue weighted by molar-refractivity contribution is 5.78. The number of hydrogen-bond donors (Lipinski definition) is 0. The quantitative estimate of drug-likeness (QED) is 0.677. The Morgan fingerprint density at radius 2 is 2.31 bits per heavy atom. The van der Waals surface area contributed by atoms with Crippen LogP contribution in [0.4, 0.5) is 0 Å². The predicted octanol–water partition coefficient (Wildman–Crippen LogP) is 0.839. The van der Waals surface area contributed by atoms with Crippen molar-refractivity contribution in [2.75, 3.05) is 13.1 Å². The van der Waals surface area contributed by atoms with Crippen molar-refractivity contribution < 1.29 is 9.21 Å². The van der Waals surface area contributed by atoms with E-state index in [0.717, 1.165) is 31.6 Å². The van der Waals surface area contributed by atoms with Gasteiger partial charge in [0.05, 0.1) is 12.1 Å². The summed E-state index contributed by atoms with van der Waals surface area (Å²) in [7, 11) is 0. The van der Waals surface area contributed by atoms with Gasteiger partial charge >= 0.3 is 0 Å². The number of nitrogens with zero attached hydrogens (tertiary/aromatic N) is 2. The maximum absolute atomic E-state index is 11.6. The highest BCUT2D eigenvalue weighted by Crippen LogP contribution is 2.09. The first kappa shape index (κ1) is 8.29. The molecule has 1 aromatic rings. The lowest BCUT2D eigenvalue weighted by atomic mass is 10.3. The van der Waals surface area contributed by atoms with Crippen LogP contribution in [0.2, 0.25) is 0 Å². The Bertz CT molecular complexity index is 276. The molecule has 1 aliphatic rings. The van der Waals surface area contributed by atoms with Crippen molar-refractivity contribution in [1.29, 1.82) is 0 Å². The highest BCUT2D eigenvalue weighted by Gasteiger charge is 2.18. The van der Waals surface area contributed by atoms with Crippen molar-refractivity contribution in [2.45, 2.75) is 19.3 Å². The molecule has 4 heteroatoms. The second kappa shape index (κ2) is 3.60. The number of aromatic nitrogens is 1. The normalized spacial score (nSPS) is 16.5. The van der Waals surface area contributed by atoms with E-state index in [1.807, 2.05) is 4.90 Å². The lowest BCUT2D eigenvalue weighted by Crippen LogP contribution is -2.29. The van der Waals surface area contributed by atoms with Gasteiger partial charge in [0, 0.05) is 13.1 Å². The summed E-state index contributed by atoms with van der Waals surface area (Å²) < 4.78 is 4.80. The molecule has 0 atom stereocenters. The zero-order valence-corrected chi connectivity index (χ0v) is 7.40. The van der Waals surface area contributed by atoms with Crippen LogP contribution in [0.3, 0.4) is 0 Å². The van der Waals surface area contributed by atoms with Gasteiger partial charge in [0.25, 0.3) is 0 Å². The van der Waals surface area contributed by atoms with Crippen molar-refractivity contribution in [3.05, 3.63) is 18.4 Å². The zero-order valence-electron chi connectivity index (χ0n) is 7.40. The van der Waals surface area contributed by atoms with Gasteiger partial charge in [-0.05, 0) is 12.8 Å². The number of likely N-dealkylation sites (tertiary alicyclic amines) is 1. The molecule has 0 aliphatic carbocycles. The van der Waals surface area contributed by atoms with Gasteiger partial charge in [-0.1, -0.05) is 0 Å². The largest absolute Gasteiger partial charge is 0.451 e. The lowest BCUT2D eigenvalue weighted by Gasteiger charge is -2.13. The Labute approximate surface area is 76.6 Å².